The standard InChI is InChI=1S/C18H29NO2/c1-17-6-12-5-13(7-17)9-18(8-12,11-17)16(21)19-15-4-2-3-14(15)10-20/h12-15,20H,2-11H2,1H3,(H,19,21). The highest BCUT2D eigenvalue weighted by Crippen LogP contribution is 2.65. The Morgan fingerprint density at radius 2 is 1.90 bits per heavy atom. The highest BCUT2D eigenvalue weighted by atomic mass is 16.3. The van der Waals surface area contributed by atoms with E-state index in [9.17, 15) is 9.90 Å². The molecule has 4 atom stereocenters. The van der Waals surface area contributed by atoms with Crippen LogP contribution >= 0.6 is 0 Å². The van der Waals surface area contributed by atoms with Crippen LogP contribution < -0.4 is 5.32 Å². The number of aliphatic hydroxyl groups is 1. The number of hydrogen-bond donors (Lipinski definition) is 2. The molecule has 5 aliphatic carbocycles. The average molecular weight is 291 g/mol. The minimum absolute atomic E-state index is 0.0680. The van der Waals surface area contributed by atoms with Gasteiger partial charge in [-0.25, -0.2) is 0 Å². The molecule has 1 amide bonds. The molecule has 5 saturated carbocycles. The second kappa shape index (κ2) is 4.71. The molecule has 0 aliphatic heterocycles. The van der Waals surface area contributed by atoms with Gasteiger partial charge in [0.1, 0.15) is 0 Å². The zero-order valence-electron chi connectivity index (χ0n) is 13.2. The number of amides is 1. The van der Waals surface area contributed by atoms with E-state index in [0.29, 0.717) is 17.2 Å². The normalized spacial score (nSPS) is 51.3. The van der Waals surface area contributed by atoms with Crippen LogP contribution in [-0.4, -0.2) is 23.7 Å². The summed E-state index contributed by atoms with van der Waals surface area (Å²) < 4.78 is 0. The van der Waals surface area contributed by atoms with Gasteiger partial charge in [-0.2, -0.15) is 0 Å². The number of nitrogens with one attached hydrogen (secondary N) is 1. The van der Waals surface area contributed by atoms with Crippen LogP contribution in [0.2, 0.25) is 0 Å². The molecule has 3 heteroatoms. The van der Waals surface area contributed by atoms with Gasteiger partial charge < -0.3 is 10.4 Å². The quantitative estimate of drug-likeness (QED) is 0.840. The minimum Gasteiger partial charge on any atom is -0.396 e. The molecule has 0 radical (unpaired) electrons. The van der Waals surface area contributed by atoms with Gasteiger partial charge in [-0.3, -0.25) is 4.79 Å². The fraction of sp³-hybridized carbons (Fsp3) is 0.944. The van der Waals surface area contributed by atoms with Crippen molar-refractivity contribution in [2.75, 3.05) is 6.61 Å². The first-order valence-corrected chi connectivity index (χ1v) is 8.94. The topological polar surface area (TPSA) is 49.3 Å². The van der Waals surface area contributed by atoms with Gasteiger partial charge in [0, 0.05) is 18.6 Å². The average Bonchev–Trinajstić information content (AvgIpc) is 2.83. The predicted octanol–water partition coefficient (Wildman–Crippen LogP) is 2.87. The summed E-state index contributed by atoms with van der Waals surface area (Å²) >= 11 is 0. The van der Waals surface area contributed by atoms with Crippen LogP contribution in [0, 0.1) is 28.6 Å². The second-order valence-electron chi connectivity index (χ2n) is 9.01. The molecule has 3 nitrogen and oxygen atoms in total. The van der Waals surface area contributed by atoms with E-state index < -0.39 is 0 Å². The summed E-state index contributed by atoms with van der Waals surface area (Å²) in [6.45, 7) is 2.64. The molecule has 5 rings (SSSR count). The van der Waals surface area contributed by atoms with Crippen molar-refractivity contribution in [3.05, 3.63) is 0 Å². The summed E-state index contributed by atoms with van der Waals surface area (Å²) in [4.78, 5) is 13.1. The van der Waals surface area contributed by atoms with Crippen molar-refractivity contribution < 1.29 is 9.90 Å². The maximum atomic E-state index is 13.1. The Kier molecular flexibility index (Phi) is 3.15. The third-order valence-electron chi connectivity index (χ3n) is 7.05. The van der Waals surface area contributed by atoms with Crippen LogP contribution in [0.4, 0.5) is 0 Å². The van der Waals surface area contributed by atoms with E-state index in [-0.39, 0.29) is 18.1 Å². The molecule has 5 aliphatic rings. The van der Waals surface area contributed by atoms with Gasteiger partial charge in [-0.05, 0) is 68.6 Å². The third kappa shape index (κ3) is 2.23. The Morgan fingerprint density at radius 1 is 1.19 bits per heavy atom. The lowest BCUT2D eigenvalue weighted by atomic mass is 9.44. The van der Waals surface area contributed by atoms with Crippen LogP contribution in [0.3, 0.4) is 0 Å². The van der Waals surface area contributed by atoms with Gasteiger partial charge in [-0.1, -0.05) is 13.3 Å². The molecular weight excluding hydrogens is 262 g/mol. The van der Waals surface area contributed by atoms with Gasteiger partial charge in [-0.15, -0.1) is 0 Å². The van der Waals surface area contributed by atoms with E-state index in [2.05, 4.69) is 12.2 Å². The molecule has 0 saturated heterocycles. The summed E-state index contributed by atoms with van der Waals surface area (Å²) in [7, 11) is 0. The van der Waals surface area contributed by atoms with Crippen molar-refractivity contribution in [1.82, 2.24) is 5.32 Å². The Labute approximate surface area is 127 Å². The van der Waals surface area contributed by atoms with Crippen molar-refractivity contribution in [1.29, 1.82) is 0 Å². The summed E-state index contributed by atoms with van der Waals surface area (Å²) in [5, 5.41) is 12.8. The molecule has 4 bridgehead atoms. The number of rotatable bonds is 3. The van der Waals surface area contributed by atoms with E-state index in [4.69, 9.17) is 0 Å². The highest BCUT2D eigenvalue weighted by molar-refractivity contribution is 5.83. The number of aliphatic hydroxyl groups excluding tert-OH is 1. The lowest BCUT2D eigenvalue weighted by molar-refractivity contribution is -0.156. The van der Waals surface area contributed by atoms with Gasteiger partial charge in [0.2, 0.25) is 5.91 Å². The minimum atomic E-state index is -0.0680. The van der Waals surface area contributed by atoms with Crippen molar-refractivity contribution in [2.45, 2.75) is 70.8 Å². The molecule has 2 N–H and O–H groups in total. The lowest BCUT2D eigenvalue weighted by Gasteiger charge is -2.60. The Bertz CT molecular complexity index is 432. The molecule has 5 fully saturated rings. The Balaban J connectivity index is 1.51. The summed E-state index contributed by atoms with van der Waals surface area (Å²) in [6.07, 6.45) is 10.7. The Hall–Kier alpha value is -0.570. The fourth-order valence-electron chi connectivity index (χ4n) is 6.75. The maximum absolute atomic E-state index is 13.1. The number of hydrogen-bond acceptors (Lipinski definition) is 2. The molecule has 21 heavy (non-hydrogen) atoms. The largest absolute Gasteiger partial charge is 0.396 e. The van der Waals surface area contributed by atoms with E-state index in [1.54, 1.807) is 0 Å². The van der Waals surface area contributed by atoms with Crippen LogP contribution in [0.1, 0.15) is 64.7 Å². The van der Waals surface area contributed by atoms with E-state index in [1.165, 1.54) is 19.3 Å². The monoisotopic (exact) mass is 291 g/mol. The first-order valence-electron chi connectivity index (χ1n) is 8.94. The van der Waals surface area contributed by atoms with Crippen molar-refractivity contribution in [3.8, 4) is 0 Å². The zero-order chi connectivity index (χ0) is 14.7. The van der Waals surface area contributed by atoms with E-state index in [1.807, 2.05) is 0 Å². The van der Waals surface area contributed by atoms with Gasteiger partial charge >= 0.3 is 0 Å². The first-order chi connectivity index (χ1) is 10.0. The van der Waals surface area contributed by atoms with Crippen molar-refractivity contribution in [2.24, 2.45) is 28.6 Å². The molecule has 0 aromatic rings. The predicted molar refractivity (Wildman–Crippen MR) is 81.6 cm³/mol. The van der Waals surface area contributed by atoms with Crippen LogP contribution in [0.5, 0.6) is 0 Å². The van der Waals surface area contributed by atoms with Crippen LogP contribution in [-0.2, 0) is 4.79 Å². The smallest absolute Gasteiger partial charge is 0.226 e. The summed E-state index contributed by atoms with van der Waals surface area (Å²) in [5.41, 5.74) is 0.356. The third-order valence-corrected chi connectivity index (χ3v) is 7.05. The van der Waals surface area contributed by atoms with Gasteiger partial charge in [0.25, 0.3) is 0 Å². The second-order valence-corrected chi connectivity index (χ2v) is 9.01. The summed E-state index contributed by atoms with van der Waals surface area (Å²) in [6, 6.07) is 0.225. The van der Waals surface area contributed by atoms with Crippen LogP contribution in [0.15, 0.2) is 0 Å². The van der Waals surface area contributed by atoms with Crippen molar-refractivity contribution >= 4 is 5.91 Å². The van der Waals surface area contributed by atoms with E-state index >= 15 is 0 Å². The Morgan fingerprint density at radius 3 is 2.52 bits per heavy atom. The molecule has 118 valence electrons. The molecular formula is C18H29NO2. The molecule has 0 aromatic carbocycles. The van der Waals surface area contributed by atoms with Crippen molar-refractivity contribution in [3.63, 3.8) is 0 Å². The van der Waals surface area contributed by atoms with Crippen LogP contribution in [0.25, 0.3) is 0 Å². The molecule has 0 spiro atoms. The maximum Gasteiger partial charge on any atom is 0.226 e. The molecule has 4 unspecified atom stereocenters. The number of carbonyl (C=O) groups excluding carboxylic acids is 1. The first kappa shape index (κ1) is 14.0. The highest BCUT2D eigenvalue weighted by Gasteiger charge is 2.59. The zero-order valence-corrected chi connectivity index (χ0v) is 13.2. The lowest BCUT2D eigenvalue weighted by Crippen LogP contribution is -2.58. The summed E-state index contributed by atoms with van der Waals surface area (Å²) in [5.74, 6) is 2.20. The molecule has 0 aromatic heterocycles. The van der Waals surface area contributed by atoms with E-state index in [0.717, 1.165) is 50.4 Å². The number of carbonyl (C=O) groups is 1. The fourth-order valence-corrected chi connectivity index (χ4v) is 6.75. The molecule has 0 heterocycles. The van der Waals surface area contributed by atoms with Gasteiger partial charge in [0.15, 0.2) is 0 Å². The SMILES string of the molecule is CC12CC3CC(C1)CC(C(=O)NC1CCCC1CO)(C3)C2. The van der Waals surface area contributed by atoms with Gasteiger partial charge in [0.05, 0.1) is 5.41 Å².